The molecule has 0 radical (unpaired) electrons. The number of aldehydes is 1. The predicted molar refractivity (Wildman–Crippen MR) is 88.5 cm³/mol. The fraction of sp³-hybridized carbons (Fsp3) is 0.312. The summed E-state index contributed by atoms with van der Waals surface area (Å²) in [4.78, 5) is 11.1. The summed E-state index contributed by atoms with van der Waals surface area (Å²) in [6.07, 6.45) is 0.526. The van der Waals surface area contributed by atoms with Crippen LogP contribution in [0, 0.1) is 11.3 Å². The number of benzene rings is 1. The molecule has 5 heteroatoms. The standard InChI is InChI=1S/C16H19N3OS/c1-16(2,3)13-7-5-11(6-8-13)14(12(9-17)10-20)19-15(21)18-4/h5-8,10H,1-4H3,(H2,18,19,21)/b14-12-. The van der Waals surface area contributed by atoms with Crippen LogP contribution in [-0.2, 0) is 10.2 Å². The molecule has 1 rings (SSSR count). The molecular formula is C16H19N3OS. The SMILES string of the molecule is CNC(=S)N/C(=C(/C#N)C=O)c1ccc(C(C)(C)C)cc1. The number of nitrogens with one attached hydrogen (secondary N) is 2. The lowest BCUT2D eigenvalue weighted by atomic mass is 9.86. The van der Waals surface area contributed by atoms with E-state index in [-0.39, 0.29) is 11.0 Å². The molecule has 4 nitrogen and oxygen atoms in total. The van der Waals surface area contributed by atoms with Crippen molar-refractivity contribution in [3.05, 3.63) is 41.0 Å². The minimum Gasteiger partial charge on any atom is -0.366 e. The molecule has 110 valence electrons. The first kappa shape index (κ1) is 16.9. The predicted octanol–water partition coefficient (Wildman–Crippen LogP) is 2.51. The van der Waals surface area contributed by atoms with Crippen molar-refractivity contribution < 1.29 is 4.79 Å². The fourth-order valence-electron chi connectivity index (χ4n) is 1.75. The lowest BCUT2D eigenvalue weighted by Crippen LogP contribution is -2.32. The van der Waals surface area contributed by atoms with Gasteiger partial charge in [-0.05, 0) is 28.8 Å². The molecular weight excluding hydrogens is 282 g/mol. The van der Waals surface area contributed by atoms with Gasteiger partial charge in [-0.2, -0.15) is 5.26 Å². The third kappa shape index (κ3) is 4.40. The minimum atomic E-state index is 0.0103. The molecule has 1 aromatic rings. The summed E-state index contributed by atoms with van der Waals surface area (Å²) in [5.74, 6) is 0. The summed E-state index contributed by atoms with van der Waals surface area (Å²) in [6, 6.07) is 9.61. The van der Waals surface area contributed by atoms with E-state index in [1.54, 1.807) is 7.05 Å². The topological polar surface area (TPSA) is 64.9 Å². The van der Waals surface area contributed by atoms with Gasteiger partial charge in [0.15, 0.2) is 11.4 Å². The largest absolute Gasteiger partial charge is 0.366 e. The van der Waals surface area contributed by atoms with E-state index in [1.165, 1.54) is 5.56 Å². The van der Waals surface area contributed by atoms with E-state index in [1.807, 2.05) is 30.3 Å². The van der Waals surface area contributed by atoms with Gasteiger partial charge in [-0.1, -0.05) is 45.0 Å². The molecule has 0 saturated carbocycles. The highest BCUT2D eigenvalue weighted by Crippen LogP contribution is 2.24. The number of allylic oxidation sites excluding steroid dienone is 1. The zero-order chi connectivity index (χ0) is 16.0. The van der Waals surface area contributed by atoms with Crippen LogP contribution in [0.1, 0.15) is 31.9 Å². The molecule has 0 bridgehead atoms. The smallest absolute Gasteiger partial charge is 0.170 e. The van der Waals surface area contributed by atoms with E-state index in [2.05, 4.69) is 31.4 Å². The Balaban J connectivity index is 3.28. The Morgan fingerprint density at radius 3 is 2.24 bits per heavy atom. The third-order valence-electron chi connectivity index (χ3n) is 3.01. The van der Waals surface area contributed by atoms with E-state index in [0.717, 1.165) is 5.56 Å². The molecule has 0 spiro atoms. The molecule has 1 aromatic carbocycles. The molecule has 0 aliphatic carbocycles. The first-order valence-corrected chi connectivity index (χ1v) is 6.93. The zero-order valence-electron chi connectivity index (χ0n) is 12.7. The van der Waals surface area contributed by atoms with Gasteiger partial charge >= 0.3 is 0 Å². The fourth-order valence-corrected chi connectivity index (χ4v) is 1.85. The average Bonchev–Trinajstić information content (AvgIpc) is 2.46. The van der Waals surface area contributed by atoms with Crippen molar-refractivity contribution in [3.63, 3.8) is 0 Å². The Hall–Kier alpha value is -2.19. The second-order valence-corrected chi connectivity index (χ2v) is 5.96. The Morgan fingerprint density at radius 1 is 1.29 bits per heavy atom. The number of nitrogens with zero attached hydrogens (tertiary/aromatic N) is 1. The molecule has 0 unspecified atom stereocenters. The number of rotatable bonds is 3. The van der Waals surface area contributed by atoms with Gasteiger partial charge in [-0.25, -0.2) is 0 Å². The normalized spacial score (nSPS) is 12.0. The van der Waals surface area contributed by atoms with Crippen molar-refractivity contribution in [3.8, 4) is 6.07 Å². The van der Waals surface area contributed by atoms with Crippen molar-refractivity contribution >= 4 is 29.3 Å². The highest BCUT2D eigenvalue weighted by atomic mass is 32.1. The molecule has 0 fully saturated rings. The van der Waals surface area contributed by atoms with Gasteiger partial charge in [0.1, 0.15) is 11.6 Å². The molecule has 0 atom stereocenters. The van der Waals surface area contributed by atoms with E-state index >= 15 is 0 Å². The molecule has 2 N–H and O–H groups in total. The Morgan fingerprint density at radius 2 is 1.86 bits per heavy atom. The van der Waals surface area contributed by atoms with Crippen LogP contribution in [-0.4, -0.2) is 18.4 Å². The highest BCUT2D eigenvalue weighted by Gasteiger charge is 2.15. The van der Waals surface area contributed by atoms with Crippen LogP contribution in [0.2, 0.25) is 0 Å². The van der Waals surface area contributed by atoms with Crippen LogP contribution < -0.4 is 10.6 Å². The zero-order valence-corrected chi connectivity index (χ0v) is 13.5. The van der Waals surface area contributed by atoms with Crippen LogP contribution in [0.5, 0.6) is 0 Å². The van der Waals surface area contributed by atoms with Gasteiger partial charge in [0.2, 0.25) is 0 Å². The number of hydrogen-bond acceptors (Lipinski definition) is 3. The lowest BCUT2D eigenvalue weighted by Gasteiger charge is -2.20. The summed E-state index contributed by atoms with van der Waals surface area (Å²) in [7, 11) is 1.67. The number of carbonyl (C=O) groups excluding carboxylic acids is 1. The summed E-state index contributed by atoms with van der Waals surface area (Å²) < 4.78 is 0. The van der Waals surface area contributed by atoms with Crippen LogP contribution in [0.15, 0.2) is 29.8 Å². The van der Waals surface area contributed by atoms with Crippen molar-refractivity contribution in [2.75, 3.05) is 7.05 Å². The van der Waals surface area contributed by atoms with E-state index in [0.29, 0.717) is 17.1 Å². The first-order chi connectivity index (χ1) is 9.83. The maximum atomic E-state index is 11.1. The molecule has 0 heterocycles. The molecule has 0 aliphatic rings. The Bertz CT molecular complexity index is 604. The van der Waals surface area contributed by atoms with Gasteiger partial charge < -0.3 is 10.6 Å². The van der Waals surface area contributed by atoms with E-state index in [4.69, 9.17) is 17.5 Å². The summed E-state index contributed by atoms with van der Waals surface area (Å²) >= 11 is 5.05. The van der Waals surface area contributed by atoms with Crippen LogP contribution in [0.3, 0.4) is 0 Å². The molecule has 0 amide bonds. The second kappa shape index (κ2) is 7.00. The van der Waals surface area contributed by atoms with Gasteiger partial charge in [-0.3, -0.25) is 4.79 Å². The monoisotopic (exact) mass is 301 g/mol. The summed E-state index contributed by atoms with van der Waals surface area (Å²) in [5.41, 5.74) is 2.37. The minimum absolute atomic E-state index is 0.0103. The highest BCUT2D eigenvalue weighted by molar-refractivity contribution is 7.80. The van der Waals surface area contributed by atoms with Crippen molar-refractivity contribution in [1.82, 2.24) is 10.6 Å². The van der Waals surface area contributed by atoms with Crippen LogP contribution in [0.25, 0.3) is 5.70 Å². The molecule has 21 heavy (non-hydrogen) atoms. The van der Waals surface area contributed by atoms with Gasteiger partial charge in [0.05, 0.1) is 5.70 Å². The van der Waals surface area contributed by atoms with Gasteiger partial charge in [-0.15, -0.1) is 0 Å². The number of nitriles is 1. The van der Waals surface area contributed by atoms with Crippen LogP contribution >= 0.6 is 12.2 Å². The van der Waals surface area contributed by atoms with Crippen molar-refractivity contribution in [2.24, 2.45) is 0 Å². The van der Waals surface area contributed by atoms with Gasteiger partial charge in [0, 0.05) is 7.05 Å². The Kier molecular flexibility index (Phi) is 5.62. The average molecular weight is 301 g/mol. The lowest BCUT2D eigenvalue weighted by molar-refractivity contribution is -0.104. The number of hydrogen-bond donors (Lipinski definition) is 2. The Labute approximate surface area is 130 Å². The summed E-state index contributed by atoms with van der Waals surface area (Å²) in [5, 5.41) is 15.1. The third-order valence-corrected chi connectivity index (χ3v) is 3.32. The first-order valence-electron chi connectivity index (χ1n) is 6.52. The quantitative estimate of drug-likeness (QED) is 0.389. The van der Waals surface area contributed by atoms with Crippen molar-refractivity contribution in [1.29, 1.82) is 5.26 Å². The number of thiocarbonyl (C=S) groups is 1. The maximum absolute atomic E-state index is 11.1. The molecule has 0 saturated heterocycles. The van der Waals surface area contributed by atoms with Crippen molar-refractivity contribution in [2.45, 2.75) is 26.2 Å². The maximum Gasteiger partial charge on any atom is 0.170 e. The number of carbonyl (C=O) groups is 1. The van der Waals surface area contributed by atoms with Crippen LogP contribution in [0.4, 0.5) is 0 Å². The van der Waals surface area contributed by atoms with Gasteiger partial charge in [0.25, 0.3) is 0 Å². The molecule has 0 aromatic heterocycles. The second-order valence-electron chi connectivity index (χ2n) is 5.55. The summed E-state index contributed by atoms with van der Waals surface area (Å²) in [6.45, 7) is 6.37. The van der Waals surface area contributed by atoms with E-state index in [9.17, 15) is 4.79 Å². The van der Waals surface area contributed by atoms with E-state index < -0.39 is 0 Å². The molecule has 0 aliphatic heterocycles.